The lowest BCUT2D eigenvalue weighted by atomic mass is 9.97. The summed E-state index contributed by atoms with van der Waals surface area (Å²) in [6, 6.07) is 18.7. The number of rotatable bonds is 11. The SMILES string of the molecule is CC(C)c1ccc(Oc2ccc3cc(C(=O)NC(Cc4ccc(C(C)C)s4)C(=O)O)nc(CC4CCCC4)c3c2)cc1. The molecular weight excluding hydrogens is 544 g/mol. The van der Waals surface area contributed by atoms with E-state index in [4.69, 9.17) is 9.72 Å². The van der Waals surface area contributed by atoms with Gasteiger partial charge in [-0.25, -0.2) is 9.78 Å². The van der Waals surface area contributed by atoms with Crippen molar-refractivity contribution in [3.8, 4) is 11.5 Å². The first-order chi connectivity index (χ1) is 20.2. The molecule has 0 radical (unpaired) electrons. The van der Waals surface area contributed by atoms with Gasteiger partial charge in [-0.15, -0.1) is 11.3 Å². The van der Waals surface area contributed by atoms with E-state index in [2.05, 4.69) is 45.1 Å². The molecule has 1 fully saturated rings. The molecule has 1 saturated carbocycles. The predicted octanol–water partition coefficient (Wildman–Crippen LogP) is 8.49. The second kappa shape index (κ2) is 13.1. The number of pyridine rings is 1. The first-order valence-electron chi connectivity index (χ1n) is 15.0. The van der Waals surface area contributed by atoms with E-state index in [9.17, 15) is 14.7 Å². The Labute approximate surface area is 252 Å². The lowest BCUT2D eigenvalue weighted by molar-refractivity contribution is -0.139. The summed E-state index contributed by atoms with van der Waals surface area (Å²) in [5.41, 5.74) is 2.36. The number of aromatic nitrogens is 1. The number of ether oxygens (including phenoxy) is 1. The van der Waals surface area contributed by atoms with Gasteiger partial charge in [0.15, 0.2) is 0 Å². The van der Waals surface area contributed by atoms with E-state index in [1.165, 1.54) is 23.3 Å². The van der Waals surface area contributed by atoms with E-state index in [1.807, 2.05) is 42.5 Å². The van der Waals surface area contributed by atoms with Crippen molar-refractivity contribution in [2.45, 2.75) is 84.1 Å². The number of nitrogens with zero attached hydrogens (tertiary/aromatic N) is 1. The smallest absolute Gasteiger partial charge is 0.326 e. The van der Waals surface area contributed by atoms with Crippen molar-refractivity contribution in [2.24, 2.45) is 5.92 Å². The number of aliphatic carboxylic acids is 1. The van der Waals surface area contributed by atoms with Crippen molar-refractivity contribution in [1.29, 1.82) is 0 Å². The van der Waals surface area contributed by atoms with Crippen molar-refractivity contribution < 1.29 is 19.4 Å². The second-order valence-corrected chi connectivity index (χ2v) is 13.2. The zero-order valence-corrected chi connectivity index (χ0v) is 25.7. The molecule has 1 amide bonds. The number of hydrogen-bond donors (Lipinski definition) is 2. The maximum Gasteiger partial charge on any atom is 0.326 e. The minimum absolute atomic E-state index is 0.236. The summed E-state index contributed by atoms with van der Waals surface area (Å²) in [7, 11) is 0. The highest BCUT2D eigenvalue weighted by molar-refractivity contribution is 7.12. The third-order valence-corrected chi connectivity index (χ3v) is 9.52. The summed E-state index contributed by atoms with van der Waals surface area (Å²) in [5, 5.41) is 14.5. The van der Waals surface area contributed by atoms with Gasteiger partial charge >= 0.3 is 5.97 Å². The van der Waals surface area contributed by atoms with Gasteiger partial charge in [-0.2, -0.15) is 0 Å². The molecule has 0 saturated heterocycles. The quantitative estimate of drug-likeness (QED) is 0.185. The van der Waals surface area contributed by atoms with Crippen LogP contribution in [0, 0.1) is 5.92 Å². The highest BCUT2D eigenvalue weighted by Gasteiger charge is 2.25. The molecule has 2 aromatic carbocycles. The zero-order valence-electron chi connectivity index (χ0n) is 24.9. The largest absolute Gasteiger partial charge is 0.480 e. The van der Waals surface area contributed by atoms with E-state index in [0.29, 0.717) is 23.5 Å². The van der Waals surface area contributed by atoms with Crippen LogP contribution in [0.2, 0.25) is 0 Å². The van der Waals surface area contributed by atoms with Gasteiger partial charge in [-0.05, 0) is 77.6 Å². The monoisotopic (exact) mass is 584 g/mol. The van der Waals surface area contributed by atoms with Gasteiger partial charge in [0.05, 0.1) is 0 Å². The van der Waals surface area contributed by atoms with Gasteiger partial charge in [0.25, 0.3) is 5.91 Å². The lowest BCUT2D eigenvalue weighted by Gasteiger charge is -2.16. The van der Waals surface area contributed by atoms with Gasteiger partial charge < -0.3 is 15.2 Å². The summed E-state index contributed by atoms with van der Waals surface area (Å²) >= 11 is 1.59. The van der Waals surface area contributed by atoms with Crippen LogP contribution in [0.1, 0.15) is 96.7 Å². The highest BCUT2D eigenvalue weighted by atomic mass is 32.1. The fourth-order valence-electron chi connectivity index (χ4n) is 5.62. The molecule has 0 aliphatic heterocycles. The maximum absolute atomic E-state index is 13.4. The molecule has 1 unspecified atom stereocenters. The van der Waals surface area contributed by atoms with Crippen molar-refractivity contribution in [1.82, 2.24) is 10.3 Å². The van der Waals surface area contributed by atoms with Crippen LogP contribution in [-0.4, -0.2) is 28.0 Å². The molecule has 5 rings (SSSR count). The van der Waals surface area contributed by atoms with Crippen LogP contribution in [0.3, 0.4) is 0 Å². The minimum atomic E-state index is -1.06. The first-order valence-corrected chi connectivity index (χ1v) is 15.8. The van der Waals surface area contributed by atoms with Crippen LogP contribution in [0.15, 0.2) is 60.7 Å². The molecule has 2 aromatic heterocycles. The second-order valence-electron chi connectivity index (χ2n) is 12.0. The Balaban J connectivity index is 1.41. The van der Waals surface area contributed by atoms with Gasteiger partial charge in [0.1, 0.15) is 23.2 Å². The number of carboxylic acids is 1. The summed E-state index contributed by atoms with van der Waals surface area (Å²) in [5.74, 6) is 1.31. The number of thiophene rings is 1. The third-order valence-electron chi connectivity index (χ3n) is 8.12. The molecule has 6 nitrogen and oxygen atoms in total. The number of carbonyl (C=O) groups is 2. The van der Waals surface area contributed by atoms with E-state index in [-0.39, 0.29) is 12.1 Å². The van der Waals surface area contributed by atoms with E-state index in [1.54, 1.807) is 17.4 Å². The molecule has 1 aliphatic carbocycles. The van der Waals surface area contributed by atoms with Gasteiger partial charge in [-0.3, -0.25) is 4.79 Å². The molecule has 1 atom stereocenters. The van der Waals surface area contributed by atoms with Crippen LogP contribution in [0.4, 0.5) is 0 Å². The van der Waals surface area contributed by atoms with E-state index >= 15 is 0 Å². The normalized spacial score (nSPS) is 14.5. The van der Waals surface area contributed by atoms with Gasteiger partial charge in [-0.1, -0.05) is 71.6 Å². The van der Waals surface area contributed by atoms with Crippen molar-refractivity contribution in [3.05, 3.63) is 87.4 Å². The average molecular weight is 585 g/mol. The molecule has 7 heteroatoms. The highest BCUT2D eigenvalue weighted by Crippen LogP contribution is 2.33. The van der Waals surface area contributed by atoms with E-state index < -0.39 is 17.9 Å². The third kappa shape index (κ3) is 7.19. The van der Waals surface area contributed by atoms with Crippen molar-refractivity contribution in [3.63, 3.8) is 0 Å². The summed E-state index contributed by atoms with van der Waals surface area (Å²) in [4.78, 5) is 32.5. The number of carbonyl (C=O) groups excluding carboxylic acids is 1. The van der Waals surface area contributed by atoms with Gasteiger partial charge in [0.2, 0.25) is 0 Å². The zero-order chi connectivity index (χ0) is 29.8. The lowest BCUT2D eigenvalue weighted by Crippen LogP contribution is -2.42. The van der Waals surface area contributed by atoms with E-state index in [0.717, 1.165) is 46.4 Å². The van der Waals surface area contributed by atoms with Crippen LogP contribution in [0.25, 0.3) is 10.8 Å². The summed E-state index contributed by atoms with van der Waals surface area (Å²) < 4.78 is 6.20. The Morgan fingerprint density at radius 2 is 1.67 bits per heavy atom. The Morgan fingerprint density at radius 3 is 2.31 bits per heavy atom. The molecule has 1 aliphatic rings. The van der Waals surface area contributed by atoms with Crippen LogP contribution >= 0.6 is 11.3 Å². The van der Waals surface area contributed by atoms with Crippen LogP contribution < -0.4 is 10.1 Å². The molecule has 0 bridgehead atoms. The molecule has 4 aromatic rings. The summed E-state index contributed by atoms with van der Waals surface area (Å²) in [6.07, 6.45) is 5.74. The molecule has 2 N–H and O–H groups in total. The number of carboxylic acid groups (broad SMARTS) is 1. The molecular formula is C35H40N2O4S. The Bertz CT molecular complexity index is 1550. The maximum atomic E-state index is 13.4. The molecule has 2 heterocycles. The van der Waals surface area contributed by atoms with Crippen LogP contribution in [0.5, 0.6) is 11.5 Å². The topological polar surface area (TPSA) is 88.5 Å². The number of fused-ring (bicyclic) bond motifs is 1. The number of nitrogens with one attached hydrogen (secondary N) is 1. The number of benzene rings is 2. The fraction of sp³-hybridized carbons (Fsp3) is 0.400. The number of amides is 1. The Morgan fingerprint density at radius 1 is 0.952 bits per heavy atom. The summed E-state index contributed by atoms with van der Waals surface area (Å²) in [6.45, 7) is 8.56. The predicted molar refractivity (Wildman–Crippen MR) is 169 cm³/mol. The van der Waals surface area contributed by atoms with Crippen molar-refractivity contribution in [2.75, 3.05) is 0 Å². The first kappa shape index (κ1) is 29.8. The molecule has 0 spiro atoms. The Hall–Kier alpha value is -3.71. The number of hydrogen-bond acceptors (Lipinski definition) is 5. The van der Waals surface area contributed by atoms with Gasteiger partial charge in [0, 0.05) is 27.3 Å². The fourth-order valence-corrected chi connectivity index (χ4v) is 6.69. The average Bonchev–Trinajstić information content (AvgIpc) is 3.65. The van der Waals surface area contributed by atoms with Crippen molar-refractivity contribution >= 4 is 34.0 Å². The molecule has 42 heavy (non-hydrogen) atoms. The standard InChI is InChI=1S/C35H40N2O4S/c1-21(2)24-9-12-26(13-10-24)41-27-14-11-25-18-31(36-30(29(25)19-27)17-23-7-5-6-8-23)34(38)37-32(35(39)40)20-28-15-16-33(42-28)22(3)4/h9-16,18-19,21-23,32H,5-8,17,20H2,1-4H3,(H,37,38)(H,39,40). The molecule has 220 valence electrons. The minimum Gasteiger partial charge on any atom is -0.480 e. The van der Waals surface area contributed by atoms with Crippen LogP contribution in [-0.2, 0) is 17.6 Å². The Kier molecular flexibility index (Phi) is 9.27.